The van der Waals surface area contributed by atoms with Gasteiger partial charge in [-0.15, -0.1) is 5.10 Å². The highest BCUT2D eigenvalue weighted by Gasteiger charge is 2.39. The van der Waals surface area contributed by atoms with E-state index >= 15 is 0 Å². The molecular formula is C23H31N7O5. The number of hydrogen-bond acceptors (Lipinski definition) is 9. The van der Waals surface area contributed by atoms with E-state index in [2.05, 4.69) is 25.5 Å². The minimum absolute atomic E-state index is 0.219. The number of hydrogen-bond donors (Lipinski definition) is 1. The van der Waals surface area contributed by atoms with Crippen LogP contribution in [0.15, 0.2) is 24.5 Å². The van der Waals surface area contributed by atoms with Crippen molar-refractivity contribution in [3.05, 3.63) is 35.9 Å². The van der Waals surface area contributed by atoms with Crippen molar-refractivity contribution in [2.45, 2.75) is 51.1 Å². The molecule has 0 saturated carbocycles. The molecule has 0 spiro atoms. The maximum Gasteiger partial charge on any atom is 0.409 e. The van der Waals surface area contributed by atoms with E-state index in [-0.39, 0.29) is 29.8 Å². The van der Waals surface area contributed by atoms with Gasteiger partial charge in [-0.3, -0.25) is 9.69 Å². The average Bonchev–Trinajstić information content (AvgIpc) is 3.49. The number of carbonyl (C=O) groups excluding carboxylic acids is 2. The summed E-state index contributed by atoms with van der Waals surface area (Å²) in [5.41, 5.74) is 0.985. The van der Waals surface area contributed by atoms with Crippen molar-refractivity contribution in [3.63, 3.8) is 0 Å². The third kappa shape index (κ3) is 5.38. The summed E-state index contributed by atoms with van der Waals surface area (Å²) in [5.74, 6) is 0.146. The molecule has 0 radical (unpaired) electrons. The molecule has 3 aliphatic heterocycles. The van der Waals surface area contributed by atoms with Crippen LogP contribution in [0.25, 0.3) is 0 Å². The number of aromatic nitrogens is 4. The van der Waals surface area contributed by atoms with Gasteiger partial charge in [-0.25, -0.2) is 14.5 Å². The van der Waals surface area contributed by atoms with E-state index in [1.54, 1.807) is 27.9 Å². The van der Waals surface area contributed by atoms with Crippen LogP contribution in [0.1, 0.15) is 35.9 Å². The molecular weight excluding hydrogens is 454 g/mol. The first-order chi connectivity index (χ1) is 17.1. The lowest BCUT2D eigenvalue weighted by Crippen LogP contribution is -2.47. The Morgan fingerprint density at radius 1 is 1.26 bits per heavy atom. The Balaban J connectivity index is 1.31. The van der Waals surface area contributed by atoms with Crippen LogP contribution in [0, 0.1) is 0 Å². The highest BCUT2D eigenvalue weighted by Crippen LogP contribution is 2.25. The minimum Gasteiger partial charge on any atom is -0.489 e. The van der Waals surface area contributed by atoms with Crippen LogP contribution in [-0.2, 0) is 22.6 Å². The molecule has 0 aromatic carbocycles. The van der Waals surface area contributed by atoms with Gasteiger partial charge in [-0.1, -0.05) is 5.21 Å². The van der Waals surface area contributed by atoms with Gasteiger partial charge in [0.2, 0.25) is 0 Å². The van der Waals surface area contributed by atoms with Crippen molar-refractivity contribution < 1.29 is 23.8 Å². The molecule has 2 aromatic rings. The Bertz CT molecular complexity index is 1040. The van der Waals surface area contributed by atoms with Crippen LogP contribution >= 0.6 is 0 Å². The van der Waals surface area contributed by atoms with Gasteiger partial charge in [-0.05, 0) is 31.9 Å². The fourth-order valence-corrected chi connectivity index (χ4v) is 4.91. The molecule has 0 aliphatic carbocycles. The van der Waals surface area contributed by atoms with E-state index < -0.39 is 0 Å². The van der Waals surface area contributed by atoms with E-state index in [9.17, 15) is 9.59 Å². The molecule has 35 heavy (non-hydrogen) atoms. The number of nitrogens with one attached hydrogen (secondary N) is 1. The van der Waals surface area contributed by atoms with Crippen LogP contribution in [0.2, 0.25) is 0 Å². The van der Waals surface area contributed by atoms with E-state index in [1.807, 2.05) is 13.1 Å². The van der Waals surface area contributed by atoms with Gasteiger partial charge in [0.15, 0.2) is 11.4 Å². The molecule has 2 fully saturated rings. The monoisotopic (exact) mass is 485 g/mol. The van der Waals surface area contributed by atoms with Gasteiger partial charge >= 0.3 is 6.09 Å². The second-order valence-corrected chi connectivity index (χ2v) is 8.97. The van der Waals surface area contributed by atoms with Crippen molar-refractivity contribution in [1.29, 1.82) is 0 Å². The number of nitrogens with zero attached hydrogens (tertiary/aromatic N) is 6. The lowest BCUT2D eigenvalue weighted by atomic mass is 10.0. The van der Waals surface area contributed by atoms with Crippen molar-refractivity contribution >= 4 is 12.0 Å². The molecule has 2 atom stereocenters. The summed E-state index contributed by atoms with van der Waals surface area (Å²) in [5, 5.41) is 11.5. The van der Waals surface area contributed by atoms with Crippen LogP contribution in [0.4, 0.5) is 4.79 Å². The zero-order chi connectivity index (χ0) is 24.2. The largest absolute Gasteiger partial charge is 0.489 e. The van der Waals surface area contributed by atoms with Gasteiger partial charge in [0.05, 0.1) is 38.1 Å². The predicted octanol–water partition coefficient (Wildman–Crippen LogP) is 0.686. The van der Waals surface area contributed by atoms with E-state index in [0.717, 1.165) is 18.5 Å². The number of carbonyl (C=O) groups is 2. The first kappa shape index (κ1) is 23.5. The fourth-order valence-electron chi connectivity index (χ4n) is 4.91. The van der Waals surface area contributed by atoms with Crippen LogP contribution in [-0.4, -0.2) is 99.4 Å². The molecule has 2 amide bonds. The number of likely N-dealkylation sites (tertiary alicyclic amines) is 2. The summed E-state index contributed by atoms with van der Waals surface area (Å²) in [6.07, 6.45) is 4.66. The van der Waals surface area contributed by atoms with Crippen LogP contribution in [0.3, 0.4) is 0 Å². The zero-order valence-corrected chi connectivity index (χ0v) is 19.8. The minimum atomic E-state index is -0.285. The van der Waals surface area contributed by atoms with E-state index in [1.165, 1.54) is 0 Å². The van der Waals surface area contributed by atoms with Gasteiger partial charge in [0, 0.05) is 38.4 Å². The Morgan fingerprint density at radius 2 is 2.11 bits per heavy atom. The summed E-state index contributed by atoms with van der Waals surface area (Å²) in [6.45, 7) is 5.96. The molecule has 188 valence electrons. The molecule has 0 unspecified atom stereocenters. The lowest BCUT2D eigenvalue weighted by Gasteiger charge is -2.36. The molecule has 5 heterocycles. The maximum atomic E-state index is 13.2. The highest BCUT2D eigenvalue weighted by atomic mass is 16.6. The first-order valence-electron chi connectivity index (χ1n) is 12.2. The molecule has 2 bridgehead atoms. The van der Waals surface area contributed by atoms with Gasteiger partial charge < -0.3 is 24.4 Å². The smallest absolute Gasteiger partial charge is 0.409 e. The third-order valence-electron chi connectivity index (χ3n) is 6.71. The average molecular weight is 486 g/mol. The number of pyridine rings is 1. The van der Waals surface area contributed by atoms with Crippen molar-refractivity contribution in [2.75, 3.05) is 39.4 Å². The second kappa shape index (κ2) is 10.6. The molecule has 2 saturated heterocycles. The van der Waals surface area contributed by atoms with Crippen molar-refractivity contribution in [2.24, 2.45) is 0 Å². The Kier molecular flexibility index (Phi) is 7.09. The summed E-state index contributed by atoms with van der Waals surface area (Å²) >= 11 is 0. The molecule has 12 nitrogen and oxygen atoms in total. The number of piperidine rings is 1. The standard InChI is InChI=1S/C23H31N7O5/c1-2-33-23(32)28-8-5-17(6-9-28)29-13-18-20(14-29)35-15-16-12-30(27-26-16)10-11-34-19-4-3-7-24-21(19)22(31)25-18/h3-4,7,12,17-18,20H,2,5-6,8-11,13-15H2,1H3,(H,25,31)/t18-,20-/m0/s1. The van der Waals surface area contributed by atoms with Crippen molar-refractivity contribution in [1.82, 2.24) is 35.1 Å². The SMILES string of the molecule is CCOC(=O)N1CCC(N2C[C@@H]3NC(=O)c4ncccc4OCCn4cc(nn4)CO[C@H]3C2)CC1. The normalized spacial score (nSPS) is 24.0. The predicted molar refractivity (Wildman–Crippen MR) is 123 cm³/mol. The number of ether oxygens (including phenoxy) is 3. The lowest BCUT2D eigenvalue weighted by molar-refractivity contribution is 0.0246. The third-order valence-corrected chi connectivity index (χ3v) is 6.71. The van der Waals surface area contributed by atoms with Crippen LogP contribution < -0.4 is 10.1 Å². The van der Waals surface area contributed by atoms with Gasteiger partial charge in [-0.2, -0.15) is 0 Å². The molecule has 5 rings (SSSR count). The molecule has 12 heteroatoms. The molecule has 1 N–H and O–H groups in total. The Hall–Kier alpha value is -3.25. The Labute approximate surface area is 203 Å². The second-order valence-electron chi connectivity index (χ2n) is 8.97. The first-order valence-corrected chi connectivity index (χ1v) is 12.2. The van der Waals surface area contributed by atoms with Gasteiger partial charge in [0.1, 0.15) is 12.3 Å². The quantitative estimate of drug-likeness (QED) is 0.654. The number of fused-ring (bicyclic) bond motifs is 4. The zero-order valence-electron chi connectivity index (χ0n) is 19.8. The maximum absolute atomic E-state index is 13.2. The molecule has 3 aliphatic rings. The topological polar surface area (TPSA) is 124 Å². The van der Waals surface area contributed by atoms with Gasteiger partial charge in [0.25, 0.3) is 5.91 Å². The molecule has 2 aromatic heterocycles. The van der Waals surface area contributed by atoms with E-state index in [0.29, 0.717) is 64.3 Å². The summed E-state index contributed by atoms with van der Waals surface area (Å²) < 4.78 is 18.9. The fraction of sp³-hybridized carbons (Fsp3) is 0.609. The summed E-state index contributed by atoms with van der Waals surface area (Å²) in [7, 11) is 0. The van der Waals surface area contributed by atoms with Crippen LogP contribution in [0.5, 0.6) is 5.75 Å². The summed E-state index contributed by atoms with van der Waals surface area (Å²) in [4.78, 5) is 33.6. The Morgan fingerprint density at radius 3 is 2.94 bits per heavy atom. The van der Waals surface area contributed by atoms with E-state index in [4.69, 9.17) is 14.2 Å². The van der Waals surface area contributed by atoms with Crippen molar-refractivity contribution in [3.8, 4) is 5.75 Å². The number of amides is 2. The summed E-state index contributed by atoms with van der Waals surface area (Å²) in [6, 6.07) is 3.56. The highest BCUT2D eigenvalue weighted by molar-refractivity contribution is 5.95. The number of rotatable bonds is 2.